The standard InChI is InChI=1S/C17H26N/c1-11(2)14-8-15(12(3)4)17(10-18-7)16(9-14)13(5)6/h8-9,11-13H,1-7H3/q+1. The predicted molar refractivity (Wildman–Crippen MR) is 81.0 cm³/mol. The quantitative estimate of drug-likeness (QED) is 0.673. The molecule has 0 fully saturated rings. The van der Waals surface area contributed by atoms with Crippen molar-refractivity contribution < 1.29 is 0 Å². The third-order valence-corrected chi connectivity index (χ3v) is 3.36. The zero-order chi connectivity index (χ0) is 13.9. The van der Waals surface area contributed by atoms with Crippen molar-refractivity contribution in [2.45, 2.75) is 59.3 Å². The zero-order valence-electron chi connectivity index (χ0n) is 12.8. The molecule has 0 heterocycles. The van der Waals surface area contributed by atoms with Gasteiger partial charge in [0, 0.05) is 0 Å². The van der Waals surface area contributed by atoms with Crippen LogP contribution in [0, 0.1) is 6.07 Å². The van der Waals surface area contributed by atoms with Crippen molar-refractivity contribution in [2.24, 2.45) is 0 Å². The summed E-state index contributed by atoms with van der Waals surface area (Å²) in [4.78, 5) is 4.12. The van der Waals surface area contributed by atoms with E-state index in [9.17, 15) is 0 Å². The Balaban J connectivity index is 3.58. The summed E-state index contributed by atoms with van der Waals surface area (Å²) in [5.41, 5.74) is 5.36. The fourth-order valence-electron chi connectivity index (χ4n) is 2.20. The Labute approximate surface area is 112 Å². The van der Waals surface area contributed by atoms with Gasteiger partial charge in [-0.25, -0.2) is 0 Å². The molecular weight excluding hydrogens is 218 g/mol. The maximum absolute atomic E-state index is 4.12. The average Bonchev–Trinajstić information content (AvgIpc) is 2.28. The zero-order valence-corrected chi connectivity index (χ0v) is 12.8. The van der Waals surface area contributed by atoms with Crippen LogP contribution in [0.25, 0.3) is 4.85 Å². The third kappa shape index (κ3) is 3.13. The van der Waals surface area contributed by atoms with Crippen molar-refractivity contribution in [3.63, 3.8) is 0 Å². The number of hydrogen-bond donors (Lipinski definition) is 0. The summed E-state index contributed by atoms with van der Waals surface area (Å²) in [6, 6.07) is 7.85. The highest BCUT2D eigenvalue weighted by atomic mass is 14.6. The van der Waals surface area contributed by atoms with Crippen LogP contribution >= 0.6 is 0 Å². The van der Waals surface area contributed by atoms with Crippen molar-refractivity contribution >= 4 is 0 Å². The maximum atomic E-state index is 4.12. The second-order valence-electron chi connectivity index (χ2n) is 5.87. The van der Waals surface area contributed by atoms with Gasteiger partial charge in [-0.05, 0) is 34.4 Å². The van der Waals surface area contributed by atoms with Crippen LogP contribution in [0.4, 0.5) is 0 Å². The van der Waals surface area contributed by atoms with E-state index in [-0.39, 0.29) is 0 Å². The topological polar surface area (TPSA) is 4.36 Å². The first-order chi connectivity index (χ1) is 8.38. The van der Waals surface area contributed by atoms with Gasteiger partial charge in [0.25, 0.3) is 7.05 Å². The van der Waals surface area contributed by atoms with Gasteiger partial charge < -0.3 is 0 Å². The van der Waals surface area contributed by atoms with Gasteiger partial charge in [-0.15, -0.1) is 0 Å². The summed E-state index contributed by atoms with van der Waals surface area (Å²) in [6.07, 6.45) is 0. The molecule has 0 aliphatic carbocycles. The van der Waals surface area contributed by atoms with Crippen molar-refractivity contribution in [1.82, 2.24) is 0 Å². The summed E-state index contributed by atoms with van der Waals surface area (Å²) < 4.78 is 0. The smallest absolute Gasteiger partial charge is 0.0813 e. The molecule has 0 saturated heterocycles. The Morgan fingerprint density at radius 3 is 1.56 bits per heavy atom. The van der Waals surface area contributed by atoms with Crippen LogP contribution in [0.1, 0.15) is 81.5 Å². The van der Waals surface area contributed by atoms with Crippen LogP contribution < -0.4 is 0 Å². The van der Waals surface area contributed by atoms with Crippen molar-refractivity contribution in [1.29, 1.82) is 0 Å². The Bertz CT molecular complexity index is 441. The van der Waals surface area contributed by atoms with Crippen LogP contribution in [-0.4, -0.2) is 7.05 Å². The monoisotopic (exact) mass is 244 g/mol. The molecular formula is C17H26N+. The van der Waals surface area contributed by atoms with Gasteiger partial charge in [0.05, 0.1) is 0 Å². The summed E-state index contributed by atoms with van der Waals surface area (Å²) in [5, 5.41) is 0. The molecule has 0 unspecified atom stereocenters. The minimum atomic E-state index is 0.505. The SMILES string of the molecule is C[N+]#Cc1c(C(C)C)cc(C(C)C)cc1C(C)C. The molecule has 0 amide bonds. The summed E-state index contributed by atoms with van der Waals surface area (Å²) in [5.74, 6) is 1.57. The van der Waals surface area contributed by atoms with Gasteiger partial charge >= 0.3 is 6.07 Å². The number of hydrogen-bond acceptors (Lipinski definition) is 0. The minimum Gasteiger partial charge on any atom is -0.0813 e. The lowest BCUT2D eigenvalue weighted by Crippen LogP contribution is -2.03. The van der Waals surface area contributed by atoms with Crippen molar-refractivity contribution in [3.8, 4) is 6.07 Å². The third-order valence-electron chi connectivity index (χ3n) is 3.36. The van der Waals surface area contributed by atoms with Crippen LogP contribution in [0.3, 0.4) is 0 Å². The Morgan fingerprint density at radius 2 is 1.28 bits per heavy atom. The highest BCUT2D eigenvalue weighted by Crippen LogP contribution is 2.31. The van der Waals surface area contributed by atoms with Crippen LogP contribution in [0.2, 0.25) is 0 Å². The molecule has 0 bridgehead atoms. The van der Waals surface area contributed by atoms with E-state index in [4.69, 9.17) is 0 Å². The van der Waals surface area contributed by atoms with E-state index in [1.807, 2.05) is 0 Å². The highest BCUT2D eigenvalue weighted by Gasteiger charge is 2.18. The van der Waals surface area contributed by atoms with Gasteiger partial charge in [-0.3, -0.25) is 0 Å². The first-order valence-corrected chi connectivity index (χ1v) is 6.91. The summed E-state index contributed by atoms with van der Waals surface area (Å²) in [7, 11) is 1.80. The number of benzene rings is 1. The van der Waals surface area contributed by atoms with Gasteiger partial charge in [0.1, 0.15) is 5.56 Å². The van der Waals surface area contributed by atoms with Crippen molar-refractivity contribution in [3.05, 3.63) is 39.2 Å². The van der Waals surface area contributed by atoms with Gasteiger partial charge in [0.15, 0.2) is 0 Å². The largest absolute Gasteiger partial charge is 0.311 e. The van der Waals surface area contributed by atoms with Crippen LogP contribution in [-0.2, 0) is 0 Å². The first-order valence-electron chi connectivity index (χ1n) is 6.91. The maximum Gasteiger partial charge on any atom is 0.311 e. The number of rotatable bonds is 3. The fourth-order valence-corrected chi connectivity index (χ4v) is 2.20. The highest BCUT2D eigenvalue weighted by molar-refractivity contribution is 5.51. The molecule has 1 heteroatoms. The van der Waals surface area contributed by atoms with Crippen LogP contribution in [0.5, 0.6) is 0 Å². The normalized spacial score (nSPS) is 11.0. The van der Waals surface area contributed by atoms with E-state index in [0.29, 0.717) is 17.8 Å². The second kappa shape index (κ2) is 6.05. The van der Waals surface area contributed by atoms with E-state index >= 15 is 0 Å². The molecule has 1 aromatic rings. The summed E-state index contributed by atoms with van der Waals surface area (Å²) in [6.45, 7) is 13.5. The van der Waals surface area contributed by atoms with E-state index in [1.165, 1.54) is 22.3 Å². The second-order valence-corrected chi connectivity index (χ2v) is 5.87. The van der Waals surface area contributed by atoms with Gasteiger partial charge in [-0.1, -0.05) is 58.5 Å². The predicted octanol–water partition coefficient (Wildman–Crippen LogP) is 5.37. The van der Waals surface area contributed by atoms with E-state index in [0.717, 1.165) is 0 Å². The summed E-state index contributed by atoms with van der Waals surface area (Å²) >= 11 is 0. The molecule has 98 valence electrons. The van der Waals surface area contributed by atoms with Gasteiger partial charge in [0.2, 0.25) is 0 Å². The Kier molecular flexibility index (Phi) is 4.96. The lowest BCUT2D eigenvalue weighted by atomic mass is 9.85. The lowest BCUT2D eigenvalue weighted by molar-refractivity contribution is 0.800. The Morgan fingerprint density at radius 1 is 0.833 bits per heavy atom. The van der Waals surface area contributed by atoms with E-state index in [1.54, 1.807) is 7.05 Å². The van der Waals surface area contributed by atoms with E-state index in [2.05, 4.69) is 64.6 Å². The molecule has 0 aliphatic heterocycles. The van der Waals surface area contributed by atoms with Crippen LogP contribution in [0.15, 0.2) is 12.1 Å². The molecule has 1 rings (SSSR count). The van der Waals surface area contributed by atoms with Crippen molar-refractivity contribution in [2.75, 3.05) is 7.05 Å². The molecule has 0 N–H and O–H groups in total. The molecule has 0 saturated carbocycles. The molecule has 0 spiro atoms. The Hall–Kier alpha value is -1.29. The average molecular weight is 244 g/mol. The molecule has 1 aromatic carbocycles. The molecule has 0 atom stereocenters. The molecule has 0 radical (unpaired) electrons. The van der Waals surface area contributed by atoms with Gasteiger partial charge in [-0.2, -0.15) is 0 Å². The lowest BCUT2D eigenvalue weighted by Gasteiger charge is -2.17. The molecule has 0 aliphatic rings. The minimum absolute atomic E-state index is 0.505. The molecule has 18 heavy (non-hydrogen) atoms. The first kappa shape index (κ1) is 14.8. The number of nitrogens with zero attached hydrogens (tertiary/aromatic N) is 1. The molecule has 1 nitrogen and oxygen atoms in total. The fraction of sp³-hybridized carbons (Fsp3) is 0.588. The molecule has 0 aromatic heterocycles. The van der Waals surface area contributed by atoms with E-state index < -0.39 is 0 Å².